The fraction of sp³-hybridized carbons (Fsp3) is 0.444. The number of amides is 1. The first kappa shape index (κ1) is 14.8. The number of benzene rings is 1. The van der Waals surface area contributed by atoms with Gasteiger partial charge < -0.3 is 5.32 Å². The van der Waals surface area contributed by atoms with Crippen LogP contribution in [0, 0.1) is 5.92 Å². The van der Waals surface area contributed by atoms with E-state index in [0.717, 1.165) is 18.5 Å². The van der Waals surface area contributed by atoms with Crippen LogP contribution in [0.15, 0.2) is 36.5 Å². The summed E-state index contributed by atoms with van der Waals surface area (Å²) in [5.41, 5.74) is 3.57. The summed E-state index contributed by atoms with van der Waals surface area (Å²) in [4.78, 5) is 12.7. The predicted octanol–water partition coefficient (Wildman–Crippen LogP) is 2.96. The van der Waals surface area contributed by atoms with Gasteiger partial charge in [0.05, 0.1) is 17.7 Å². The Morgan fingerprint density at radius 2 is 2.14 bits per heavy atom. The zero-order valence-electron chi connectivity index (χ0n) is 13.4. The number of nitrogens with zero attached hydrogens (tertiary/aromatic N) is 2. The zero-order chi connectivity index (χ0) is 15.7. The molecule has 0 fully saturated rings. The fourth-order valence-corrected chi connectivity index (χ4v) is 3.36. The van der Waals surface area contributed by atoms with Gasteiger partial charge in [0.1, 0.15) is 0 Å². The molecule has 1 aliphatic carbocycles. The van der Waals surface area contributed by atoms with Crippen molar-refractivity contribution in [3.05, 3.63) is 53.3 Å². The summed E-state index contributed by atoms with van der Waals surface area (Å²) in [6.45, 7) is 4.15. The predicted molar refractivity (Wildman–Crippen MR) is 86.4 cm³/mol. The quantitative estimate of drug-likeness (QED) is 0.947. The highest BCUT2D eigenvalue weighted by molar-refractivity contribution is 5.83. The third-order valence-electron chi connectivity index (χ3n) is 4.82. The summed E-state index contributed by atoms with van der Waals surface area (Å²) >= 11 is 0. The van der Waals surface area contributed by atoms with Crippen molar-refractivity contribution in [3.63, 3.8) is 0 Å². The molecule has 22 heavy (non-hydrogen) atoms. The monoisotopic (exact) mass is 297 g/mol. The van der Waals surface area contributed by atoms with Crippen LogP contribution in [-0.4, -0.2) is 15.7 Å². The van der Waals surface area contributed by atoms with E-state index in [9.17, 15) is 4.79 Å². The van der Waals surface area contributed by atoms with Crippen molar-refractivity contribution in [3.8, 4) is 0 Å². The third-order valence-corrected chi connectivity index (χ3v) is 4.82. The number of aromatic nitrogens is 2. The van der Waals surface area contributed by atoms with Crippen molar-refractivity contribution < 1.29 is 4.79 Å². The second kappa shape index (κ2) is 5.95. The summed E-state index contributed by atoms with van der Waals surface area (Å²) in [5, 5.41) is 7.41. The van der Waals surface area contributed by atoms with E-state index in [1.54, 1.807) is 10.9 Å². The first-order chi connectivity index (χ1) is 10.6. The SMILES string of the molecule is CC(C(=O)NC1c2ccccc2CCC1C)c1ccnn1C. The van der Waals surface area contributed by atoms with E-state index in [1.807, 2.05) is 20.0 Å². The third kappa shape index (κ3) is 2.65. The fourth-order valence-electron chi connectivity index (χ4n) is 3.36. The Kier molecular flexibility index (Phi) is 4.01. The Morgan fingerprint density at radius 3 is 2.86 bits per heavy atom. The Bertz CT molecular complexity index is 676. The van der Waals surface area contributed by atoms with Crippen LogP contribution < -0.4 is 5.32 Å². The summed E-state index contributed by atoms with van der Waals surface area (Å²) in [6.07, 6.45) is 3.95. The van der Waals surface area contributed by atoms with Crippen LogP contribution in [0.2, 0.25) is 0 Å². The molecule has 4 heteroatoms. The normalized spacial score (nSPS) is 22.0. The molecule has 0 spiro atoms. The highest BCUT2D eigenvalue weighted by atomic mass is 16.2. The van der Waals surface area contributed by atoms with Gasteiger partial charge in [0, 0.05) is 13.2 Å². The number of rotatable bonds is 3. The first-order valence-corrected chi connectivity index (χ1v) is 7.94. The molecule has 0 bridgehead atoms. The summed E-state index contributed by atoms with van der Waals surface area (Å²) < 4.78 is 1.77. The van der Waals surface area contributed by atoms with Crippen LogP contribution >= 0.6 is 0 Å². The van der Waals surface area contributed by atoms with Crippen molar-refractivity contribution >= 4 is 5.91 Å². The maximum atomic E-state index is 12.7. The Hall–Kier alpha value is -2.10. The van der Waals surface area contributed by atoms with Crippen LogP contribution in [0.5, 0.6) is 0 Å². The Balaban J connectivity index is 1.80. The molecule has 0 saturated heterocycles. The number of carbonyl (C=O) groups excluding carboxylic acids is 1. The molecule has 4 nitrogen and oxygen atoms in total. The van der Waals surface area contributed by atoms with Gasteiger partial charge in [0.15, 0.2) is 0 Å². The summed E-state index contributed by atoms with van der Waals surface area (Å²) in [5.74, 6) is 0.323. The first-order valence-electron chi connectivity index (χ1n) is 7.94. The lowest BCUT2D eigenvalue weighted by Gasteiger charge is -2.32. The van der Waals surface area contributed by atoms with Crippen LogP contribution in [0.25, 0.3) is 0 Å². The second-order valence-corrected chi connectivity index (χ2v) is 6.30. The maximum Gasteiger partial charge on any atom is 0.229 e. The Labute approximate surface area is 131 Å². The van der Waals surface area contributed by atoms with Crippen LogP contribution in [0.3, 0.4) is 0 Å². The smallest absolute Gasteiger partial charge is 0.229 e. The van der Waals surface area contributed by atoms with Gasteiger partial charge in [0.2, 0.25) is 5.91 Å². The van der Waals surface area contributed by atoms with Crippen LogP contribution in [0.1, 0.15) is 49.0 Å². The van der Waals surface area contributed by atoms with Crippen molar-refractivity contribution in [2.45, 2.75) is 38.6 Å². The van der Waals surface area contributed by atoms with Crippen molar-refractivity contribution in [2.75, 3.05) is 0 Å². The van der Waals surface area contributed by atoms with Gasteiger partial charge in [-0.05, 0) is 42.9 Å². The average molecular weight is 297 g/mol. The highest BCUT2D eigenvalue weighted by Crippen LogP contribution is 2.34. The minimum absolute atomic E-state index is 0.0668. The summed E-state index contributed by atoms with van der Waals surface area (Å²) in [7, 11) is 1.87. The lowest BCUT2D eigenvalue weighted by molar-refractivity contribution is -0.123. The number of aryl methyl sites for hydroxylation is 2. The number of carbonyl (C=O) groups is 1. The molecule has 1 aliphatic rings. The van der Waals surface area contributed by atoms with Gasteiger partial charge in [-0.25, -0.2) is 0 Å². The molecule has 1 aromatic heterocycles. The topological polar surface area (TPSA) is 46.9 Å². The van der Waals surface area contributed by atoms with Crippen molar-refractivity contribution in [2.24, 2.45) is 13.0 Å². The second-order valence-electron chi connectivity index (χ2n) is 6.30. The minimum Gasteiger partial charge on any atom is -0.348 e. The molecule has 1 N–H and O–H groups in total. The van der Waals surface area contributed by atoms with E-state index < -0.39 is 0 Å². The molecule has 1 aromatic carbocycles. The molecule has 3 atom stereocenters. The molecule has 0 radical (unpaired) electrons. The molecule has 0 saturated carbocycles. The number of nitrogens with one attached hydrogen (secondary N) is 1. The minimum atomic E-state index is -0.200. The van der Waals surface area contributed by atoms with Crippen LogP contribution in [-0.2, 0) is 18.3 Å². The van der Waals surface area contributed by atoms with Crippen molar-refractivity contribution in [1.82, 2.24) is 15.1 Å². The molecule has 3 unspecified atom stereocenters. The largest absolute Gasteiger partial charge is 0.348 e. The maximum absolute atomic E-state index is 12.7. The van der Waals surface area contributed by atoms with E-state index in [4.69, 9.17) is 0 Å². The zero-order valence-corrected chi connectivity index (χ0v) is 13.4. The highest BCUT2D eigenvalue weighted by Gasteiger charge is 2.29. The molecule has 1 amide bonds. The van der Waals surface area contributed by atoms with E-state index in [0.29, 0.717) is 5.92 Å². The molecule has 3 rings (SSSR count). The molecule has 0 aliphatic heterocycles. The van der Waals surface area contributed by atoms with E-state index in [-0.39, 0.29) is 17.9 Å². The number of hydrogen-bond donors (Lipinski definition) is 1. The lowest BCUT2D eigenvalue weighted by Crippen LogP contribution is -2.38. The molecular formula is C18H23N3O. The average Bonchev–Trinajstić information content (AvgIpc) is 2.95. The van der Waals surface area contributed by atoms with Gasteiger partial charge in [-0.3, -0.25) is 9.48 Å². The van der Waals surface area contributed by atoms with Crippen molar-refractivity contribution in [1.29, 1.82) is 0 Å². The summed E-state index contributed by atoms with van der Waals surface area (Å²) in [6, 6.07) is 10.5. The van der Waals surface area contributed by atoms with E-state index >= 15 is 0 Å². The van der Waals surface area contributed by atoms with Gasteiger partial charge in [-0.1, -0.05) is 31.2 Å². The van der Waals surface area contributed by atoms with E-state index in [2.05, 4.69) is 41.6 Å². The lowest BCUT2D eigenvalue weighted by atomic mass is 9.80. The van der Waals surface area contributed by atoms with Gasteiger partial charge in [0.25, 0.3) is 0 Å². The van der Waals surface area contributed by atoms with Gasteiger partial charge >= 0.3 is 0 Å². The van der Waals surface area contributed by atoms with Crippen LogP contribution in [0.4, 0.5) is 0 Å². The van der Waals surface area contributed by atoms with Gasteiger partial charge in [-0.2, -0.15) is 5.10 Å². The Morgan fingerprint density at radius 1 is 1.36 bits per heavy atom. The molecule has 2 aromatic rings. The molecule has 116 valence electrons. The molecular weight excluding hydrogens is 274 g/mol. The number of fused-ring (bicyclic) bond motifs is 1. The standard InChI is InChI=1S/C18H23N3O/c1-12-8-9-14-6-4-5-7-15(14)17(12)20-18(22)13(2)16-10-11-19-21(16)3/h4-7,10-13,17H,8-9H2,1-3H3,(H,20,22). The van der Waals surface area contributed by atoms with E-state index in [1.165, 1.54) is 11.1 Å². The van der Waals surface area contributed by atoms with Gasteiger partial charge in [-0.15, -0.1) is 0 Å². The molecule has 1 heterocycles. The number of hydrogen-bond acceptors (Lipinski definition) is 2.